The normalized spacial score (nSPS) is 14.5. The van der Waals surface area contributed by atoms with E-state index in [1.54, 1.807) is 24.3 Å². The molecule has 2 N–H and O–H groups in total. The molecule has 2 aromatic carbocycles. The summed E-state index contributed by atoms with van der Waals surface area (Å²) in [5.74, 6) is -3.27. The molecule has 2 atom stereocenters. The van der Waals surface area contributed by atoms with Gasteiger partial charge in [0.2, 0.25) is 5.91 Å². The molecule has 0 saturated carbocycles. The number of para-hydroxylation sites is 2. The average Bonchev–Trinajstić information content (AvgIpc) is 2.96. The van der Waals surface area contributed by atoms with E-state index in [1.807, 2.05) is 0 Å². The summed E-state index contributed by atoms with van der Waals surface area (Å²) in [6, 6.07) is 10.4. The maximum atomic E-state index is 13.2. The predicted octanol–water partition coefficient (Wildman–Crippen LogP) is 2.41. The minimum atomic E-state index is -1.80. The van der Waals surface area contributed by atoms with Gasteiger partial charge >= 0.3 is 11.7 Å². The Labute approximate surface area is 153 Å². The number of nitrogens with zero attached hydrogens (tertiary/aromatic N) is 1. The van der Waals surface area contributed by atoms with Crippen molar-refractivity contribution in [2.45, 2.75) is 25.4 Å². The van der Waals surface area contributed by atoms with Crippen molar-refractivity contribution in [3.8, 4) is 0 Å². The Morgan fingerprint density at radius 1 is 1.19 bits per heavy atom. The summed E-state index contributed by atoms with van der Waals surface area (Å²) in [4.78, 5) is 36.7. The van der Waals surface area contributed by atoms with Gasteiger partial charge in [-0.05, 0) is 43.7 Å². The van der Waals surface area contributed by atoms with E-state index in [0.717, 1.165) is 16.7 Å². The number of aliphatic carboxylic acids is 1. The largest absolute Gasteiger partial charge is 0.479 e. The van der Waals surface area contributed by atoms with E-state index >= 15 is 0 Å². The van der Waals surface area contributed by atoms with Crippen LogP contribution in [-0.4, -0.2) is 21.6 Å². The van der Waals surface area contributed by atoms with Crippen LogP contribution in [0.2, 0.25) is 0 Å². The Kier molecular flexibility index (Phi) is 4.57. The summed E-state index contributed by atoms with van der Waals surface area (Å²) in [5, 5.41) is 12.1. The maximum Gasteiger partial charge on any atom is 0.420 e. The summed E-state index contributed by atoms with van der Waals surface area (Å²) in [6.07, 6.45) is 0. The molecule has 8 heteroatoms. The van der Waals surface area contributed by atoms with Gasteiger partial charge in [-0.15, -0.1) is 0 Å². The first-order chi connectivity index (χ1) is 12.7. The van der Waals surface area contributed by atoms with Gasteiger partial charge in [-0.2, -0.15) is 0 Å². The number of nitrogens with one attached hydrogen (secondary N) is 1. The third-order valence-corrected chi connectivity index (χ3v) is 4.51. The van der Waals surface area contributed by atoms with Gasteiger partial charge in [-0.3, -0.25) is 9.36 Å². The fraction of sp³-hybridized carbons (Fsp3) is 0.211. The fourth-order valence-corrected chi connectivity index (χ4v) is 2.85. The molecule has 0 aliphatic rings. The van der Waals surface area contributed by atoms with E-state index in [1.165, 1.54) is 26.0 Å². The molecule has 27 heavy (non-hydrogen) atoms. The van der Waals surface area contributed by atoms with Gasteiger partial charge in [0.1, 0.15) is 11.9 Å². The highest BCUT2D eigenvalue weighted by atomic mass is 19.1. The summed E-state index contributed by atoms with van der Waals surface area (Å²) in [6.45, 7) is 2.76. The molecule has 2 unspecified atom stereocenters. The molecule has 3 rings (SSSR count). The van der Waals surface area contributed by atoms with Crippen molar-refractivity contribution in [1.29, 1.82) is 0 Å². The Hall–Kier alpha value is -3.42. The molecule has 0 saturated heterocycles. The number of carboxylic acid groups (broad SMARTS) is 1. The third kappa shape index (κ3) is 3.21. The minimum absolute atomic E-state index is 0.196. The van der Waals surface area contributed by atoms with E-state index in [0.29, 0.717) is 11.1 Å². The van der Waals surface area contributed by atoms with Crippen molar-refractivity contribution in [3.63, 3.8) is 0 Å². The number of amides is 1. The molecule has 1 heterocycles. The van der Waals surface area contributed by atoms with E-state index < -0.39 is 35.0 Å². The summed E-state index contributed by atoms with van der Waals surface area (Å²) in [5.41, 5.74) is -0.866. The van der Waals surface area contributed by atoms with Crippen molar-refractivity contribution in [2.24, 2.45) is 0 Å². The number of halogens is 1. The Morgan fingerprint density at radius 3 is 2.44 bits per heavy atom. The van der Waals surface area contributed by atoms with E-state index in [-0.39, 0.29) is 5.56 Å². The number of aromatic nitrogens is 1. The molecule has 0 radical (unpaired) electrons. The van der Waals surface area contributed by atoms with Crippen molar-refractivity contribution in [2.75, 3.05) is 0 Å². The highest BCUT2D eigenvalue weighted by molar-refractivity contribution is 5.90. The van der Waals surface area contributed by atoms with Crippen molar-refractivity contribution >= 4 is 23.0 Å². The number of oxazole rings is 1. The molecule has 0 bridgehead atoms. The summed E-state index contributed by atoms with van der Waals surface area (Å²) in [7, 11) is 0. The van der Waals surface area contributed by atoms with Crippen LogP contribution in [0.15, 0.2) is 57.7 Å². The SMILES string of the molecule is CC(C(=O)NC(C)(C(=O)O)c1ccc(F)cc1)n1c(=O)oc2ccccc21. The lowest BCUT2D eigenvalue weighted by atomic mass is 9.91. The lowest BCUT2D eigenvalue weighted by Crippen LogP contribution is -2.51. The third-order valence-electron chi connectivity index (χ3n) is 4.51. The van der Waals surface area contributed by atoms with E-state index in [4.69, 9.17) is 4.42 Å². The van der Waals surface area contributed by atoms with Gasteiger partial charge in [-0.25, -0.2) is 14.0 Å². The molecule has 7 nitrogen and oxygen atoms in total. The van der Waals surface area contributed by atoms with Crippen LogP contribution in [0.5, 0.6) is 0 Å². The van der Waals surface area contributed by atoms with Crippen LogP contribution >= 0.6 is 0 Å². The summed E-state index contributed by atoms with van der Waals surface area (Å²) >= 11 is 0. The lowest BCUT2D eigenvalue weighted by molar-refractivity contribution is -0.147. The highest BCUT2D eigenvalue weighted by Gasteiger charge is 2.38. The van der Waals surface area contributed by atoms with E-state index in [2.05, 4.69) is 5.32 Å². The number of rotatable bonds is 5. The minimum Gasteiger partial charge on any atom is -0.479 e. The maximum absolute atomic E-state index is 13.2. The first kappa shape index (κ1) is 18.4. The van der Waals surface area contributed by atoms with Gasteiger partial charge in [0.25, 0.3) is 0 Å². The molecule has 0 fully saturated rings. The number of carbonyl (C=O) groups is 2. The Bertz CT molecular complexity index is 1070. The first-order valence-corrected chi connectivity index (χ1v) is 8.15. The molecule has 140 valence electrons. The van der Waals surface area contributed by atoms with Gasteiger partial charge in [0, 0.05) is 0 Å². The molecular weight excluding hydrogens is 355 g/mol. The number of carboxylic acids is 1. The van der Waals surface area contributed by atoms with Gasteiger partial charge < -0.3 is 14.8 Å². The fourth-order valence-electron chi connectivity index (χ4n) is 2.85. The number of hydrogen-bond acceptors (Lipinski definition) is 4. The average molecular weight is 372 g/mol. The van der Waals surface area contributed by atoms with Crippen LogP contribution in [0.3, 0.4) is 0 Å². The number of hydrogen-bond donors (Lipinski definition) is 2. The molecule has 0 spiro atoms. The Balaban J connectivity index is 1.96. The molecule has 1 amide bonds. The molecule has 1 aromatic heterocycles. The lowest BCUT2D eigenvalue weighted by Gasteiger charge is -2.28. The topological polar surface area (TPSA) is 102 Å². The summed E-state index contributed by atoms with van der Waals surface area (Å²) < 4.78 is 19.4. The van der Waals surface area contributed by atoms with Crippen LogP contribution in [0, 0.1) is 5.82 Å². The van der Waals surface area contributed by atoms with Gasteiger partial charge in [-0.1, -0.05) is 24.3 Å². The quantitative estimate of drug-likeness (QED) is 0.716. The predicted molar refractivity (Wildman–Crippen MR) is 94.7 cm³/mol. The molecule has 0 aliphatic carbocycles. The van der Waals surface area contributed by atoms with Crippen molar-refractivity contribution in [3.05, 3.63) is 70.5 Å². The second kappa shape index (κ2) is 6.71. The monoisotopic (exact) mass is 372 g/mol. The standard InChI is InChI=1S/C19H17FN2O5/c1-11(22-14-5-3-4-6-15(14)27-18(22)26)16(23)21-19(2,17(24)25)12-7-9-13(20)10-8-12/h3-11H,1-2H3,(H,21,23)(H,24,25). The van der Waals surface area contributed by atoms with Crippen LogP contribution in [0.25, 0.3) is 11.1 Å². The molecule has 3 aromatic rings. The zero-order chi connectivity index (χ0) is 19.8. The number of benzene rings is 2. The van der Waals surface area contributed by atoms with Crippen LogP contribution in [0.4, 0.5) is 4.39 Å². The van der Waals surface area contributed by atoms with Crippen LogP contribution in [0.1, 0.15) is 25.5 Å². The van der Waals surface area contributed by atoms with Gasteiger partial charge in [0.05, 0.1) is 5.52 Å². The van der Waals surface area contributed by atoms with Crippen molar-refractivity contribution < 1.29 is 23.5 Å². The van der Waals surface area contributed by atoms with Crippen LogP contribution < -0.4 is 11.1 Å². The van der Waals surface area contributed by atoms with Gasteiger partial charge in [0.15, 0.2) is 11.1 Å². The second-order valence-corrected chi connectivity index (χ2v) is 6.31. The van der Waals surface area contributed by atoms with Crippen molar-refractivity contribution in [1.82, 2.24) is 9.88 Å². The zero-order valence-corrected chi connectivity index (χ0v) is 14.6. The Morgan fingerprint density at radius 2 is 1.81 bits per heavy atom. The molecule has 0 aliphatic heterocycles. The number of fused-ring (bicyclic) bond motifs is 1. The highest BCUT2D eigenvalue weighted by Crippen LogP contribution is 2.24. The zero-order valence-electron chi connectivity index (χ0n) is 14.6. The van der Waals surface area contributed by atoms with E-state index in [9.17, 15) is 23.9 Å². The first-order valence-electron chi connectivity index (χ1n) is 8.15. The number of carbonyl (C=O) groups excluding carboxylic acids is 1. The smallest absolute Gasteiger partial charge is 0.420 e. The van der Waals surface area contributed by atoms with Crippen LogP contribution in [-0.2, 0) is 15.1 Å². The molecular formula is C19H17FN2O5. The second-order valence-electron chi connectivity index (χ2n) is 6.31.